The van der Waals surface area contributed by atoms with E-state index in [-0.39, 0.29) is 24.8 Å². The lowest BCUT2D eigenvalue weighted by atomic mass is 9.91. The molecule has 0 aromatic heterocycles. The summed E-state index contributed by atoms with van der Waals surface area (Å²) in [6.45, 7) is 3.51. The average Bonchev–Trinajstić information content (AvgIpc) is 2.40. The zero-order chi connectivity index (χ0) is 14.6. The number of halogens is 2. The highest BCUT2D eigenvalue weighted by atomic mass is 19.1. The van der Waals surface area contributed by atoms with E-state index in [1.165, 1.54) is 6.07 Å². The van der Waals surface area contributed by atoms with Gasteiger partial charge in [0.1, 0.15) is 11.6 Å². The van der Waals surface area contributed by atoms with Gasteiger partial charge in [0.25, 0.3) is 0 Å². The van der Waals surface area contributed by atoms with Gasteiger partial charge in [0.05, 0.1) is 13.2 Å². The molecule has 0 bridgehead atoms. The van der Waals surface area contributed by atoms with Gasteiger partial charge >= 0.3 is 0 Å². The molecule has 0 saturated heterocycles. The largest absolute Gasteiger partial charge is 0.396 e. The third-order valence-corrected chi connectivity index (χ3v) is 3.46. The van der Waals surface area contributed by atoms with E-state index in [2.05, 4.69) is 0 Å². The molecule has 0 aliphatic rings. The molecular formula is C14H21F2NO2. The highest BCUT2D eigenvalue weighted by Crippen LogP contribution is 2.26. The summed E-state index contributed by atoms with van der Waals surface area (Å²) in [4.78, 5) is 1.78. The van der Waals surface area contributed by atoms with Crippen LogP contribution in [-0.4, -0.2) is 41.9 Å². The Hall–Kier alpha value is -1.04. The Balaban J connectivity index is 2.87. The maximum absolute atomic E-state index is 13.7. The van der Waals surface area contributed by atoms with Crippen LogP contribution in [0.3, 0.4) is 0 Å². The zero-order valence-electron chi connectivity index (χ0n) is 11.5. The smallest absolute Gasteiger partial charge is 0.128 e. The van der Waals surface area contributed by atoms with Crippen molar-refractivity contribution in [2.75, 3.05) is 26.8 Å². The topological polar surface area (TPSA) is 43.7 Å². The number of aliphatic hydroxyl groups is 2. The molecule has 0 spiro atoms. The van der Waals surface area contributed by atoms with Crippen LogP contribution in [0.5, 0.6) is 0 Å². The predicted octanol–water partition coefficient (Wildman–Crippen LogP) is 1.95. The predicted molar refractivity (Wildman–Crippen MR) is 69.7 cm³/mol. The lowest BCUT2D eigenvalue weighted by Gasteiger charge is -2.34. The first kappa shape index (κ1) is 16.0. The second-order valence-electron chi connectivity index (χ2n) is 5.38. The fraction of sp³-hybridized carbons (Fsp3) is 0.571. The van der Waals surface area contributed by atoms with Crippen LogP contribution in [0, 0.1) is 17.0 Å². The Kier molecular flexibility index (Phi) is 5.40. The molecule has 1 aromatic rings. The van der Waals surface area contributed by atoms with Crippen LogP contribution < -0.4 is 0 Å². The highest BCUT2D eigenvalue weighted by Gasteiger charge is 2.27. The Bertz CT molecular complexity index is 422. The molecule has 0 heterocycles. The van der Waals surface area contributed by atoms with Gasteiger partial charge in [-0.1, -0.05) is 6.92 Å². The molecular weight excluding hydrogens is 252 g/mol. The number of rotatable bonds is 6. The van der Waals surface area contributed by atoms with Crippen LogP contribution in [0.15, 0.2) is 18.2 Å². The Morgan fingerprint density at radius 1 is 1.26 bits per heavy atom. The van der Waals surface area contributed by atoms with Gasteiger partial charge in [-0.3, -0.25) is 4.90 Å². The van der Waals surface area contributed by atoms with E-state index >= 15 is 0 Å². The second-order valence-corrected chi connectivity index (χ2v) is 5.38. The van der Waals surface area contributed by atoms with Gasteiger partial charge in [0, 0.05) is 23.6 Å². The summed E-state index contributed by atoms with van der Waals surface area (Å²) in [6.07, 6.45) is 0. The number of nitrogens with zero attached hydrogens (tertiary/aromatic N) is 1. The molecule has 2 N–H and O–H groups in total. The summed E-state index contributed by atoms with van der Waals surface area (Å²) in [5.41, 5.74) is -0.409. The molecule has 0 amide bonds. The van der Waals surface area contributed by atoms with Crippen LogP contribution in [0.2, 0.25) is 0 Å². The summed E-state index contributed by atoms with van der Waals surface area (Å²) in [5.74, 6) is -0.945. The maximum Gasteiger partial charge on any atom is 0.128 e. The molecule has 19 heavy (non-hydrogen) atoms. The number of benzene rings is 1. The van der Waals surface area contributed by atoms with Crippen molar-refractivity contribution in [2.45, 2.75) is 19.9 Å². The van der Waals surface area contributed by atoms with E-state index in [1.807, 2.05) is 0 Å². The van der Waals surface area contributed by atoms with Crippen molar-refractivity contribution < 1.29 is 19.0 Å². The minimum Gasteiger partial charge on any atom is -0.396 e. The number of hydrogen-bond donors (Lipinski definition) is 2. The van der Waals surface area contributed by atoms with E-state index in [1.54, 1.807) is 25.8 Å². The van der Waals surface area contributed by atoms with Gasteiger partial charge in [0.2, 0.25) is 0 Å². The average molecular weight is 273 g/mol. The summed E-state index contributed by atoms with van der Waals surface area (Å²) < 4.78 is 26.9. The van der Waals surface area contributed by atoms with Crippen LogP contribution in [-0.2, 0) is 0 Å². The van der Waals surface area contributed by atoms with Crippen LogP contribution >= 0.6 is 0 Å². The molecule has 1 unspecified atom stereocenters. The molecule has 1 aromatic carbocycles. The van der Waals surface area contributed by atoms with Crippen molar-refractivity contribution in [1.29, 1.82) is 0 Å². The molecule has 0 radical (unpaired) electrons. The Labute approximate surface area is 112 Å². The lowest BCUT2D eigenvalue weighted by Crippen LogP contribution is -2.40. The third kappa shape index (κ3) is 3.96. The lowest BCUT2D eigenvalue weighted by molar-refractivity contribution is 0.0322. The third-order valence-electron chi connectivity index (χ3n) is 3.46. The molecule has 3 nitrogen and oxygen atoms in total. The first-order valence-corrected chi connectivity index (χ1v) is 6.20. The molecule has 5 heteroatoms. The van der Waals surface area contributed by atoms with E-state index in [9.17, 15) is 19.0 Å². The normalized spacial score (nSPS) is 13.9. The van der Waals surface area contributed by atoms with Crippen molar-refractivity contribution in [3.8, 4) is 0 Å². The van der Waals surface area contributed by atoms with Gasteiger partial charge in [-0.2, -0.15) is 0 Å². The molecule has 0 aliphatic carbocycles. The quantitative estimate of drug-likeness (QED) is 0.832. The van der Waals surface area contributed by atoms with Gasteiger partial charge in [-0.05, 0) is 32.2 Å². The second kappa shape index (κ2) is 6.41. The first-order valence-electron chi connectivity index (χ1n) is 6.20. The van der Waals surface area contributed by atoms with Crippen molar-refractivity contribution >= 4 is 0 Å². The van der Waals surface area contributed by atoms with Gasteiger partial charge < -0.3 is 10.2 Å². The van der Waals surface area contributed by atoms with Crippen LogP contribution in [0.4, 0.5) is 8.78 Å². The van der Waals surface area contributed by atoms with E-state index in [4.69, 9.17) is 0 Å². The number of aliphatic hydroxyl groups excluding tert-OH is 2. The SMILES string of the molecule is CC(c1cc(F)ccc1F)N(C)CC(C)(CO)CO. The molecule has 0 saturated carbocycles. The van der Waals surface area contributed by atoms with E-state index in [0.717, 1.165) is 12.1 Å². The zero-order valence-corrected chi connectivity index (χ0v) is 11.5. The molecule has 0 fully saturated rings. The minimum atomic E-state index is -0.674. The molecule has 1 atom stereocenters. The summed E-state index contributed by atoms with van der Waals surface area (Å²) in [6, 6.07) is 3.00. The Morgan fingerprint density at radius 3 is 2.37 bits per heavy atom. The maximum atomic E-state index is 13.7. The van der Waals surface area contributed by atoms with E-state index in [0.29, 0.717) is 6.54 Å². The van der Waals surface area contributed by atoms with Crippen molar-refractivity contribution in [2.24, 2.45) is 5.41 Å². The van der Waals surface area contributed by atoms with Crippen molar-refractivity contribution in [3.63, 3.8) is 0 Å². The monoisotopic (exact) mass is 273 g/mol. The highest BCUT2D eigenvalue weighted by molar-refractivity contribution is 5.21. The van der Waals surface area contributed by atoms with Crippen LogP contribution in [0.1, 0.15) is 25.5 Å². The molecule has 0 aliphatic heterocycles. The van der Waals surface area contributed by atoms with Gasteiger partial charge in [-0.25, -0.2) is 8.78 Å². The van der Waals surface area contributed by atoms with Gasteiger partial charge in [-0.15, -0.1) is 0 Å². The summed E-state index contributed by atoms with van der Waals surface area (Å²) in [7, 11) is 1.75. The summed E-state index contributed by atoms with van der Waals surface area (Å²) in [5, 5.41) is 18.5. The van der Waals surface area contributed by atoms with Gasteiger partial charge in [0.15, 0.2) is 0 Å². The fourth-order valence-electron chi connectivity index (χ4n) is 1.96. The standard InChI is InChI=1S/C14H21F2NO2/c1-10(12-6-11(15)4-5-13(12)16)17(3)7-14(2,8-18)9-19/h4-6,10,18-19H,7-9H2,1-3H3. The van der Waals surface area contributed by atoms with E-state index < -0.39 is 17.0 Å². The first-order chi connectivity index (χ1) is 8.83. The minimum absolute atomic E-state index is 0.174. The number of hydrogen-bond acceptors (Lipinski definition) is 3. The van der Waals surface area contributed by atoms with Crippen molar-refractivity contribution in [3.05, 3.63) is 35.4 Å². The Morgan fingerprint density at radius 2 is 1.84 bits per heavy atom. The molecule has 108 valence electrons. The fourth-order valence-corrected chi connectivity index (χ4v) is 1.96. The molecule has 1 rings (SSSR count). The van der Waals surface area contributed by atoms with Crippen molar-refractivity contribution in [1.82, 2.24) is 4.90 Å². The summed E-state index contributed by atoms with van der Waals surface area (Å²) >= 11 is 0. The van der Waals surface area contributed by atoms with Crippen LogP contribution in [0.25, 0.3) is 0 Å².